The summed E-state index contributed by atoms with van der Waals surface area (Å²) in [5.74, 6) is 1.56. The molecule has 0 spiro atoms. The maximum Gasteiger partial charge on any atom is 0.229 e. The Morgan fingerprint density at radius 2 is 2.12 bits per heavy atom. The third-order valence-electron chi connectivity index (χ3n) is 2.76. The molecule has 0 bridgehead atoms. The Morgan fingerprint density at radius 1 is 1.35 bits per heavy atom. The Hall–Kier alpha value is -1.47. The van der Waals surface area contributed by atoms with Gasteiger partial charge in [0.15, 0.2) is 0 Å². The van der Waals surface area contributed by atoms with Crippen molar-refractivity contribution in [3.05, 3.63) is 5.82 Å². The molecule has 0 amide bonds. The third kappa shape index (κ3) is 3.01. The number of aromatic nitrogens is 3. The van der Waals surface area contributed by atoms with Crippen LogP contribution in [0, 0.1) is 0 Å². The molecule has 2 heterocycles. The molecule has 1 aliphatic heterocycles. The molecule has 7 nitrogen and oxygen atoms in total. The van der Waals surface area contributed by atoms with Gasteiger partial charge in [-0.25, -0.2) is 0 Å². The Labute approximate surface area is 101 Å². The van der Waals surface area contributed by atoms with Crippen LogP contribution < -0.4 is 16.4 Å². The lowest BCUT2D eigenvalue weighted by atomic mass is 10.3. The second-order valence-corrected chi connectivity index (χ2v) is 4.59. The molecule has 17 heavy (non-hydrogen) atoms. The molecule has 1 aliphatic rings. The lowest BCUT2D eigenvalue weighted by molar-refractivity contribution is 0.318. The molecule has 0 aromatic carbocycles. The predicted octanol–water partition coefficient (Wildman–Crippen LogP) is -0.947. The van der Waals surface area contributed by atoms with E-state index in [9.17, 15) is 0 Å². The normalized spacial score (nSPS) is 20.8. The molecule has 1 aromatic rings. The number of nitrogen functional groups attached to an aromatic ring is 1. The summed E-state index contributed by atoms with van der Waals surface area (Å²) in [6.07, 6.45) is 1.03. The number of hydrogen-bond donors (Lipinski definition) is 2. The average Bonchev–Trinajstić information content (AvgIpc) is 2.63. The molecule has 0 aliphatic carbocycles. The molecule has 1 atom stereocenters. The maximum absolute atomic E-state index is 5.86. The highest BCUT2D eigenvalue weighted by Gasteiger charge is 2.20. The van der Waals surface area contributed by atoms with Gasteiger partial charge in [-0.05, 0) is 6.42 Å². The molecule has 2 rings (SSSR count). The van der Waals surface area contributed by atoms with Crippen LogP contribution in [0.1, 0.15) is 12.2 Å². The lowest BCUT2D eigenvalue weighted by Gasteiger charge is -2.16. The van der Waals surface area contributed by atoms with Crippen LogP contribution in [0.25, 0.3) is 0 Å². The quantitative estimate of drug-likeness (QED) is 0.699. The first-order valence-electron chi connectivity index (χ1n) is 5.70. The fourth-order valence-corrected chi connectivity index (χ4v) is 1.90. The van der Waals surface area contributed by atoms with Crippen molar-refractivity contribution in [1.82, 2.24) is 19.9 Å². The highest BCUT2D eigenvalue weighted by atomic mass is 15.3. The summed E-state index contributed by atoms with van der Waals surface area (Å²) in [5, 5.41) is 0. The van der Waals surface area contributed by atoms with Gasteiger partial charge in [0.05, 0.1) is 6.54 Å². The van der Waals surface area contributed by atoms with E-state index in [0.717, 1.165) is 19.5 Å². The van der Waals surface area contributed by atoms with Gasteiger partial charge < -0.3 is 16.4 Å². The molecule has 7 heteroatoms. The molecule has 0 saturated carbocycles. The minimum Gasteiger partial charge on any atom is -0.368 e. The summed E-state index contributed by atoms with van der Waals surface area (Å²) >= 11 is 0. The topological polar surface area (TPSA) is 97.2 Å². The molecule has 4 N–H and O–H groups in total. The number of likely N-dealkylation sites (tertiary alicyclic amines) is 1. The van der Waals surface area contributed by atoms with E-state index in [4.69, 9.17) is 11.5 Å². The number of anilines is 2. The van der Waals surface area contributed by atoms with Crippen LogP contribution in [0.4, 0.5) is 11.9 Å². The minimum atomic E-state index is 0.266. The minimum absolute atomic E-state index is 0.266. The van der Waals surface area contributed by atoms with Gasteiger partial charge in [-0.15, -0.1) is 0 Å². The second kappa shape index (κ2) is 4.80. The van der Waals surface area contributed by atoms with Crippen LogP contribution in [0.15, 0.2) is 0 Å². The number of rotatable bonds is 3. The van der Waals surface area contributed by atoms with Crippen LogP contribution in [0.2, 0.25) is 0 Å². The van der Waals surface area contributed by atoms with E-state index < -0.39 is 0 Å². The van der Waals surface area contributed by atoms with E-state index in [-0.39, 0.29) is 12.0 Å². The van der Waals surface area contributed by atoms with Crippen molar-refractivity contribution in [3.8, 4) is 0 Å². The second-order valence-electron chi connectivity index (χ2n) is 4.59. The van der Waals surface area contributed by atoms with E-state index in [1.54, 1.807) is 0 Å². The van der Waals surface area contributed by atoms with Gasteiger partial charge in [0.1, 0.15) is 5.82 Å². The van der Waals surface area contributed by atoms with E-state index in [2.05, 4.69) is 19.9 Å². The highest BCUT2D eigenvalue weighted by Crippen LogP contribution is 2.12. The van der Waals surface area contributed by atoms with Gasteiger partial charge in [0.2, 0.25) is 11.9 Å². The smallest absolute Gasteiger partial charge is 0.229 e. The first-order valence-corrected chi connectivity index (χ1v) is 5.70. The Balaban J connectivity index is 2.10. The van der Waals surface area contributed by atoms with E-state index >= 15 is 0 Å². The molecular formula is C10H19N7. The summed E-state index contributed by atoms with van der Waals surface area (Å²) in [6.45, 7) is 2.56. The maximum atomic E-state index is 5.86. The molecule has 1 aromatic heterocycles. The standard InChI is InChI=1S/C10H19N7/c1-16(2)10-14-8(13-9(12)15-10)6-17-4-3-7(11)5-17/h7H,3-6,11H2,1-2H3,(H2,12,13,14,15)/t7-/m0/s1. The Kier molecular flexibility index (Phi) is 3.39. The van der Waals surface area contributed by atoms with E-state index in [1.807, 2.05) is 19.0 Å². The monoisotopic (exact) mass is 237 g/mol. The van der Waals surface area contributed by atoms with Crippen molar-refractivity contribution in [1.29, 1.82) is 0 Å². The first-order chi connectivity index (χ1) is 8.04. The zero-order valence-electron chi connectivity index (χ0n) is 10.3. The van der Waals surface area contributed by atoms with Gasteiger partial charge in [0, 0.05) is 33.2 Å². The summed E-state index contributed by atoms with van der Waals surface area (Å²) in [6, 6.07) is 0.266. The summed E-state index contributed by atoms with van der Waals surface area (Å²) < 4.78 is 0. The largest absolute Gasteiger partial charge is 0.368 e. The molecule has 1 saturated heterocycles. The van der Waals surface area contributed by atoms with Crippen LogP contribution in [-0.4, -0.2) is 53.1 Å². The molecular weight excluding hydrogens is 218 g/mol. The van der Waals surface area contributed by atoms with Crippen LogP contribution in [-0.2, 0) is 6.54 Å². The molecule has 1 fully saturated rings. The molecule has 94 valence electrons. The fourth-order valence-electron chi connectivity index (χ4n) is 1.90. The number of hydrogen-bond acceptors (Lipinski definition) is 7. The summed E-state index contributed by atoms with van der Waals surface area (Å²) in [4.78, 5) is 16.6. The molecule has 0 unspecified atom stereocenters. The van der Waals surface area contributed by atoms with Crippen LogP contribution in [0.3, 0.4) is 0 Å². The zero-order valence-corrected chi connectivity index (χ0v) is 10.3. The van der Waals surface area contributed by atoms with E-state index in [0.29, 0.717) is 18.3 Å². The Morgan fingerprint density at radius 3 is 2.71 bits per heavy atom. The van der Waals surface area contributed by atoms with Crippen LogP contribution in [0.5, 0.6) is 0 Å². The first kappa shape index (κ1) is 12.0. The predicted molar refractivity (Wildman–Crippen MR) is 66.4 cm³/mol. The fraction of sp³-hybridized carbons (Fsp3) is 0.700. The lowest BCUT2D eigenvalue weighted by Crippen LogP contribution is -2.27. The van der Waals surface area contributed by atoms with Crippen molar-refractivity contribution >= 4 is 11.9 Å². The van der Waals surface area contributed by atoms with Gasteiger partial charge in [-0.1, -0.05) is 0 Å². The van der Waals surface area contributed by atoms with Crippen LogP contribution >= 0.6 is 0 Å². The third-order valence-corrected chi connectivity index (χ3v) is 2.76. The Bertz CT molecular complexity index is 392. The van der Waals surface area contributed by atoms with Crippen molar-refractivity contribution in [2.45, 2.75) is 19.0 Å². The van der Waals surface area contributed by atoms with Crippen molar-refractivity contribution in [2.24, 2.45) is 5.73 Å². The van der Waals surface area contributed by atoms with Gasteiger partial charge in [0.25, 0.3) is 0 Å². The summed E-state index contributed by atoms with van der Waals surface area (Å²) in [7, 11) is 3.76. The zero-order chi connectivity index (χ0) is 12.4. The van der Waals surface area contributed by atoms with Gasteiger partial charge in [-0.3, -0.25) is 4.90 Å². The average molecular weight is 237 g/mol. The SMILES string of the molecule is CN(C)c1nc(N)nc(CN2CC[C@H](N)C2)n1. The van der Waals surface area contributed by atoms with E-state index in [1.165, 1.54) is 0 Å². The van der Waals surface area contributed by atoms with Crippen molar-refractivity contribution in [2.75, 3.05) is 37.8 Å². The number of nitrogens with zero attached hydrogens (tertiary/aromatic N) is 5. The highest BCUT2D eigenvalue weighted by molar-refractivity contribution is 5.32. The molecule has 0 radical (unpaired) electrons. The van der Waals surface area contributed by atoms with Gasteiger partial charge in [-0.2, -0.15) is 15.0 Å². The van der Waals surface area contributed by atoms with Gasteiger partial charge >= 0.3 is 0 Å². The number of nitrogens with two attached hydrogens (primary N) is 2. The van der Waals surface area contributed by atoms with Crippen molar-refractivity contribution in [3.63, 3.8) is 0 Å². The summed E-state index contributed by atoms with van der Waals surface area (Å²) in [5.41, 5.74) is 11.5. The van der Waals surface area contributed by atoms with Crippen molar-refractivity contribution < 1.29 is 0 Å².